The highest BCUT2D eigenvalue weighted by atomic mass is 16.2. The zero-order valence-electron chi connectivity index (χ0n) is 14.8. The standard InChI is InChI=1S/C21H24N2O2/c1-3-23(4-2)21(25)16-11-9-15(10-12-16)14-22-20(24)19-13-17-7-5-6-8-18(17)19/h5-12,19H,3-4,13-14H2,1-2H3,(H,22,24)/t19-/m0/s1. The fourth-order valence-electron chi connectivity index (χ4n) is 3.26. The first-order valence-electron chi connectivity index (χ1n) is 8.87. The van der Waals surface area contributed by atoms with Crippen LogP contribution in [0.25, 0.3) is 0 Å². The van der Waals surface area contributed by atoms with Crippen LogP contribution in [0, 0.1) is 0 Å². The van der Waals surface area contributed by atoms with Gasteiger partial charge >= 0.3 is 0 Å². The van der Waals surface area contributed by atoms with Crippen LogP contribution in [-0.2, 0) is 17.8 Å². The summed E-state index contributed by atoms with van der Waals surface area (Å²) in [7, 11) is 0. The second-order valence-electron chi connectivity index (χ2n) is 6.35. The lowest BCUT2D eigenvalue weighted by atomic mass is 9.77. The van der Waals surface area contributed by atoms with E-state index in [4.69, 9.17) is 0 Å². The van der Waals surface area contributed by atoms with Crippen molar-refractivity contribution in [3.8, 4) is 0 Å². The van der Waals surface area contributed by atoms with Gasteiger partial charge in [0.2, 0.25) is 5.91 Å². The van der Waals surface area contributed by atoms with E-state index in [1.807, 2.05) is 56.3 Å². The van der Waals surface area contributed by atoms with Crippen molar-refractivity contribution in [2.24, 2.45) is 0 Å². The molecule has 25 heavy (non-hydrogen) atoms. The summed E-state index contributed by atoms with van der Waals surface area (Å²) in [5.74, 6) is 0.0911. The molecule has 0 spiro atoms. The fraction of sp³-hybridized carbons (Fsp3) is 0.333. The average molecular weight is 336 g/mol. The number of amides is 2. The molecule has 4 heteroatoms. The number of hydrogen-bond donors (Lipinski definition) is 1. The maximum absolute atomic E-state index is 12.3. The molecule has 4 nitrogen and oxygen atoms in total. The smallest absolute Gasteiger partial charge is 0.253 e. The van der Waals surface area contributed by atoms with Crippen molar-refractivity contribution in [3.05, 3.63) is 70.8 Å². The maximum Gasteiger partial charge on any atom is 0.253 e. The van der Waals surface area contributed by atoms with Gasteiger partial charge in [-0.15, -0.1) is 0 Å². The molecular weight excluding hydrogens is 312 g/mol. The summed E-state index contributed by atoms with van der Waals surface area (Å²) >= 11 is 0. The van der Waals surface area contributed by atoms with E-state index in [1.54, 1.807) is 4.90 Å². The van der Waals surface area contributed by atoms with Gasteiger partial charge < -0.3 is 10.2 Å². The van der Waals surface area contributed by atoms with Gasteiger partial charge in [0.15, 0.2) is 0 Å². The molecule has 0 radical (unpaired) electrons. The van der Waals surface area contributed by atoms with Crippen molar-refractivity contribution >= 4 is 11.8 Å². The lowest BCUT2D eigenvalue weighted by molar-refractivity contribution is -0.123. The Bertz CT molecular complexity index is 764. The molecule has 2 aromatic rings. The molecule has 0 bridgehead atoms. The van der Waals surface area contributed by atoms with Crippen LogP contribution in [0.3, 0.4) is 0 Å². The number of carbonyl (C=O) groups is 2. The minimum absolute atomic E-state index is 0.0280. The first kappa shape index (κ1) is 17.2. The van der Waals surface area contributed by atoms with Crippen molar-refractivity contribution in [1.29, 1.82) is 0 Å². The molecule has 0 fully saturated rings. The van der Waals surface area contributed by atoms with Gasteiger partial charge in [-0.2, -0.15) is 0 Å². The predicted octanol–water partition coefficient (Wildman–Crippen LogP) is 3.12. The van der Waals surface area contributed by atoms with Gasteiger partial charge in [-0.3, -0.25) is 9.59 Å². The molecule has 1 aliphatic rings. The van der Waals surface area contributed by atoms with Crippen LogP contribution in [0.4, 0.5) is 0 Å². The predicted molar refractivity (Wildman–Crippen MR) is 98.4 cm³/mol. The SMILES string of the molecule is CCN(CC)C(=O)c1ccc(CNC(=O)[C@H]2Cc3ccccc32)cc1. The second kappa shape index (κ2) is 7.51. The van der Waals surface area contributed by atoms with Gasteiger partial charge in [0.1, 0.15) is 0 Å². The van der Waals surface area contributed by atoms with Crippen LogP contribution >= 0.6 is 0 Å². The Kier molecular flexibility index (Phi) is 5.17. The monoisotopic (exact) mass is 336 g/mol. The molecule has 0 aliphatic heterocycles. The van der Waals surface area contributed by atoms with Crippen LogP contribution in [0.15, 0.2) is 48.5 Å². The molecule has 1 atom stereocenters. The van der Waals surface area contributed by atoms with Crippen molar-refractivity contribution in [2.45, 2.75) is 32.7 Å². The first-order chi connectivity index (χ1) is 12.1. The van der Waals surface area contributed by atoms with E-state index in [0.29, 0.717) is 25.2 Å². The summed E-state index contributed by atoms with van der Waals surface area (Å²) in [5.41, 5.74) is 4.09. The number of carbonyl (C=O) groups excluding carboxylic acids is 2. The summed E-state index contributed by atoms with van der Waals surface area (Å²) in [6.45, 7) is 5.84. The number of hydrogen-bond acceptors (Lipinski definition) is 2. The second-order valence-corrected chi connectivity index (χ2v) is 6.35. The number of rotatable bonds is 6. The minimum atomic E-state index is -0.0280. The Morgan fingerprint density at radius 3 is 2.36 bits per heavy atom. The average Bonchev–Trinajstić information content (AvgIpc) is 2.62. The van der Waals surface area contributed by atoms with E-state index in [1.165, 1.54) is 5.56 Å². The molecule has 1 N–H and O–H groups in total. The van der Waals surface area contributed by atoms with Crippen LogP contribution in [0.2, 0.25) is 0 Å². The minimum Gasteiger partial charge on any atom is -0.351 e. The Morgan fingerprint density at radius 1 is 1.04 bits per heavy atom. The molecule has 130 valence electrons. The fourth-order valence-corrected chi connectivity index (χ4v) is 3.26. The van der Waals surface area contributed by atoms with Crippen molar-refractivity contribution < 1.29 is 9.59 Å². The molecule has 1 aliphatic carbocycles. The Hall–Kier alpha value is -2.62. The van der Waals surface area contributed by atoms with Crippen LogP contribution in [-0.4, -0.2) is 29.8 Å². The molecule has 2 amide bonds. The zero-order chi connectivity index (χ0) is 17.8. The third-order valence-corrected chi connectivity index (χ3v) is 4.89. The lowest BCUT2D eigenvalue weighted by Gasteiger charge is -2.28. The third-order valence-electron chi connectivity index (χ3n) is 4.89. The van der Waals surface area contributed by atoms with Crippen molar-refractivity contribution in [3.63, 3.8) is 0 Å². The molecule has 3 rings (SSSR count). The van der Waals surface area contributed by atoms with E-state index < -0.39 is 0 Å². The van der Waals surface area contributed by atoms with Crippen LogP contribution in [0.1, 0.15) is 46.8 Å². The highest BCUT2D eigenvalue weighted by Gasteiger charge is 2.31. The molecule has 0 aromatic heterocycles. The molecule has 0 unspecified atom stereocenters. The molecule has 0 saturated carbocycles. The van der Waals surface area contributed by atoms with Gasteiger partial charge in [-0.1, -0.05) is 36.4 Å². The van der Waals surface area contributed by atoms with E-state index in [9.17, 15) is 9.59 Å². The third kappa shape index (κ3) is 3.58. The number of nitrogens with zero attached hydrogens (tertiary/aromatic N) is 1. The number of benzene rings is 2. The van der Waals surface area contributed by atoms with Crippen molar-refractivity contribution in [1.82, 2.24) is 10.2 Å². The summed E-state index contributed by atoms with van der Waals surface area (Å²) in [6.07, 6.45) is 0.819. The first-order valence-corrected chi connectivity index (χ1v) is 8.87. The van der Waals surface area contributed by atoms with Gasteiger partial charge in [0, 0.05) is 25.2 Å². The highest BCUT2D eigenvalue weighted by Crippen LogP contribution is 2.34. The lowest BCUT2D eigenvalue weighted by Crippen LogP contribution is -2.35. The summed E-state index contributed by atoms with van der Waals surface area (Å²) in [4.78, 5) is 26.4. The van der Waals surface area contributed by atoms with E-state index in [0.717, 1.165) is 17.5 Å². The van der Waals surface area contributed by atoms with Crippen LogP contribution < -0.4 is 5.32 Å². The summed E-state index contributed by atoms with van der Waals surface area (Å²) < 4.78 is 0. The zero-order valence-corrected chi connectivity index (χ0v) is 14.8. The Morgan fingerprint density at radius 2 is 1.72 bits per heavy atom. The van der Waals surface area contributed by atoms with Gasteiger partial charge in [0.25, 0.3) is 5.91 Å². The molecule has 2 aromatic carbocycles. The van der Waals surface area contributed by atoms with Gasteiger partial charge in [-0.25, -0.2) is 0 Å². The van der Waals surface area contributed by atoms with E-state index in [-0.39, 0.29) is 17.7 Å². The normalized spacial score (nSPS) is 15.0. The topological polar surface area (TPSA) is 49.4 Å². The molecular formula is C21H24N2O2. The van der Waals surface area contributed by atoms with E-state index in [2.05, 4.69) is 11.4 Å². The Balaban J connectivity index is 1.56. The van der Waals surface area contributed by atoms with E-state index >= 15 is 0 Å². The number of fused-ring (bicyclic) bond motifs is 1. The quantitative estimate of drug-likeness (QED) is 0.881. The summed E-state index contributed by atoms with van der Waals surface area (Å²) in [6, 6.07) is 15.6. The van der Waals surface area contributed by atoms with Gasteiger partial charge in [-0.05, 0) is 49.1 Å². The molecule has 0 saturated heterocycles. The Labute approximate surface area is 148 Å². The van der Waals surface area contributed by atoms with Crippen LogP contribution in [0.5, 0.6) is 0 Å². The molecule has 0 heterocycles. The number of nitrogens with one attached hydrogen (secondary N) is 1. The van der Waals surface area contributed by atoms with Crippen molar-refractivity contribution in [2.75, 3.05) is 13.1 Å². The van der Waals surface area contributed by atoms with Gasteiger partial charge in [0.05, 0.1) is 5.92 Å². The maximum atomic E-state index is 12.3. The highest BCUT2D eigenvalue weighted by molar-refractivity contribution is 5.94. The largest absolute Gasteiger partial charge is 0.351 e. The summed E-state index contributed by atoms with van der Waals surface area (Å²) in [5, 5.41) is 3.00.